The number of amides is 1. The minimum Gasteiger partial charge on any atom is -0.507 e. The number of likely N-dealkylation sites (tertiary alicyclic amines) is 1. The predicted octanol–water partition coefficient (Wildman–Crippen LogP) is 4.78. The van der Waals surface area contributed by atoms with Crippen LogP contribution in [0.5, 0.6) is 11.5 Å². The summed E-state index contributed by atoms with van der Waals surface area (Å²) in [6.07, 6.45) is 0. The van der Waals surface area contributed by atoms with Gasteiger partial charge in [0.1, 0.15) is 17.3 Å². The molecule has 164 valence electrons. The fraction of sp³-hybridized carbons (Fsp3) is 0.200. The van der Waals surface area contributed by atoms with Gasteiger partial charge in [-0.25, -0.2) is 0 Å². The van der Waals surface area contributed by atoms with Crippen molar-refractivity contribution in [3.8, 4) is 11.5 Å². The van der Waals surface area contributed by atoms with Crippen LogP contribution in [0.2, 0.25) is 0 Å². The number of nitrogens with zero attached hydrogens (tertiary/aromatic N) is 1. The van der Waals surface area contributed by atoms with Crippen molar-refractivity contribution in [3.63, 3.8) is 0 Å². The molecule has 3 aromatic rings. The number of methoxy groups -OCH3 is 1. The number of thiophene rings is 1. The quantitative estimate of drug-likeness (QED) is 0.319. The number of ether oxygens (including phenoxy) is 2. The third-order valence-corrected chi connectivity index (χ3v) is 6.16. The molecule has 6 nitrogen and oxygen atoms in total. The second-order valence-corrected chi connectivity index (χ2v) is 8.27. The first-order chi connectivity index (χ1) is 15.5. The summed E-state index contributed by atoms with van der Waals surface area (Å²) in [5, 5.41) is 13.1. The van der Waals surface area contributed by atoms with Gasteiger partial charge in [-0.2, -0.15) is 0 Å². The molecule has 1 atom stereocenters. The SMILES string of the molecule is CCOc1ccc(/C(O)=C2/C(=O)C(=O)N(Cc3cccs3)C2c2cccc(OC)c2)cc1. The molecule has 1 aromatic heterocycles. The van der Waals surface area contributed by atoms with Gasteiger partial charge in [0.15, 0.2) is 0 Å². The highest BCUT2D eigenvalue weighted by atomic mass is 32.1. The molecule has 1 aliphatic rings. The number of aliphatic hydroxyl groups excluding tert-OH is 1. The van der Waals surface area contributed by atoms with Gasteiger partial charge in [0, 0.05) is 10.4 Å². The minimum atomic E-state index is -0.737. The lowest BCUT2D eigenvalue weighted by atomic mass is 9.95. The summed E-state index contributed by atoms with van der Waals surface area (Å²) in [6.45, 7) is 2.68. The number of hydrogen-bond acceptors (Lipinski definition) is 6. The molecule has 4 rings (SSSR count). The van der Waals surface area contributed by atoms with Gasteiger partial charge >= 0.3 is 0 Å². The number of Topliss-reactive ketones (excluding diaryl/α,β-unsaturated/α-hetero) is 1. The lowest BCUT2D eigenvalue weighted by Gasteiger charge is -2.25. The van der Waals surface area contributed by atoms with E-state index in [0.29, 0.717) is 29.2 Å². The van der Waals surface area contributed by atoms with Gasteiger partial charge in [-0.15, -0.1) is 11.3 Å². The molecule has 1 N–H and O–H groups in total. The molecule has 1 unspecified atom stereocenters. The maximum Gasteiger partial charge on any atom is 0.295 e. The number of rotatable bonds is 7. The Balaban J connectivity index is 1.83. The van der Waals surface area contributed by atoms with Crippen LogP contribution in [0.4, 0.5) is 0 Å². The van der Waals surface area contributed by atoms with E-state index in [0.717, 1.165) is 4.88 Å². The van der Waals surface area contributed by atoms with Gasteiger partial charge < -0.3 is 19.5 Å². The van der Waals surface area contributed by atoms with E-state index in [1.165, 1.54) is 16.2 Å². The van der Waals surface area contributed by atoms with E-state index >= 15 is 0 Å². The first-order valence-corrected chi connectivity index (χ1v) is 11.1. The zero-order valence-electron chi connectivity index (χ0n) is 17.8. The normalized spacial score (nSPS) is 17.6. The summed E-state index contributed by atoms with van der Waals surface area (Å²) in [4.78, 5) is 28.6. The molecule has 32 heavy (non-hydrogen) atoms. The van der Waals surface area contributed by atoms with Gasteiger partial charge in [-0.05, 0) is 60.3 Å². The van der Waals surface area contributed by atoms with Crippen molar-refractivity contribution in [1.82, 2.24) is 4.90 Å². The van der Waals surface area contributed by atoms with Crippen molar-refractivity contribution in [1.29, 1.82) is 0 Å². The van der Waals surface area contributed by atoms with Gasteiger partial charge in [-0.3, -0.25) is 9.59 Å². The van der Waals surface area contributed by atoms with E-state index in [1.807, 2.05) is 30.5 Å². The molecule has 0 bridgehead atoms. The van der Waals surface area contributed by atoms with Crippen LogP contribution < -0.4 is 9.47 Å². The van der Waals surface area contributed by atoms with Gasteiger partial charge in [-0.1, -0.05) is 18.2 Å². The van der Waals surface area contributed by atoms with Crippen LogP contribution in [0, 0.1) is 0 Å². The van der Waals surface area contributed by atoms with Gasteiger partial charge in [0.05, 0.1) is 31.9 Å². The minimum absolute atomic E-state index is 0.0592. The van der Waals surface area contributed by atoms with Crippen molar-refractivity contribution in [2.45, 2.75) is 19.5 Å². The maximum absolute atomic E-state index is 13.1. The Morgan fingerprint density at radius 2 is 1.84 bits per heavy atom. The second kappa shape index (κ2) is 9.28. The zero-order valence-corrected chi connectivity index (χ0v) is 18.6. The Bertz CT molecular complexity index is 1150. The summed E-state index contributed by atoms with van der Waals surface area (Å²) < 4.78 is 10.8. The predicted molar refractivity (Wildman–Crippen MR) is 123 cm³/mol. The Morgan fingerprint density at radius 3 is 2.50 bits per heavy atom. The average molecular weight is 450 g/mol. The van der Waals surface area contributed by atoms with Gasteiger partial charge in [0.2, 0.25) is 0 Å². The number of carbonyl (C=O) groups is 2. The van der Waals surface area contributed by atoms with Crippen molar-refractivity contribution < 1.29 is 24.2 Å². The first-order valence-electron chi connectivity index (χ1n) is 10.2. The Kier molecular flexibility index (Phi) is 6.28. The molecule has 2 aromatic carbocycles. The molecule has 7 heteroatoms. The van der Waals surface area contributed by atoms with E-state index in [1.54, 1.807) is 49.6 Å². The molecule has 0 spiro atoms. The van der Waals surface area contributed by atoms with E-state index in [4.69, 9.17) is 9.47 Å². The number of hydrogen-bond donors (Lipinski definition) is 1. The Labute approximate surface area is 190 Å². The van der Waals surface area contributed by atoms with E-state index < -0.39 is 17.7 Å². The van der Waals surface area contributed by atoms with Crippen LogP contribution in [0.15, 0.2) is 71.6 Å². The summed E-state index contributed by atoms with van der Waals surface area (Å²) >= 11 is 1.51. The topological polar surface area (TPSA) is 76.1 Å². The average Bonchev–Trinajstić information content (AvgIpc) is 3.42. The molecular formula is C25H23NO5S. The summed E-state index contributed by atoms with van der Waals surface area (Å²) in [5.74, 6) is -0.302. The zero-order chi connectivity index (χ0) is 22.7. The smallest absolute Gasteiger partial charge is 0.295 e. The summed E-state index contributed by atoms with van der Waals surface area (Å²) in [7, 11) is 1.56. The largest absolute Gasteiger partial charge is 0.507 e. The summed E-state index contributed by atoms with van der Waals surface area (Å²) in [5.41, 5.74) is 1.19. The Morgan fingerprint density at radius 1 is 1.06 bits per heavy atom. The van der Waals surface area contributed by atoms with Crippen LogP contribution in [-0.4, -0.2) is 35.4 Å². The molecule has 1 fully saturated rings. The lowest BCUT2D eigenvalue weighted by Crippen LogP contribution is -2.28. The van der Waals surface area contributed by atoms with E-state index in [-0.39, 0.29) is 17.9 Å². The van der Waals surface area contributed by atoms with Crippen molar-refractivity contribution >= 4 is 28.8 Å². The number of aliphatic hydroxyl groups is 1. The first kappa shape index (κ1) is 21.6. The number of carbonyl (C=O) groups excluding carboxylic acids is 2. The fourth-order valence-electron chi connectivity index (χ4n) is 3.80. The van der Waals surface area contributed by atoms with Gasteiger partial charge in [0.25, 0.3) is 11.7 Å². The second-order valence-electron chi connectivity index (χ2n) is 7.24. The molecule has 1 amide bonds. The third kappa shape index (κ3) is 4.11. The highest BCUT2D eigenvalue weighted by molar-refractivity contribution is 7.09. The van der Waals surface area contributed by atoms with Crippen LogP contribution in [-0.2, 0) is 16.1 Å². The van der Waals surface area contributed by atoms with Crippen LogP contribution in [0.3, 0.4) is 0 Å². The summed E-state index contributed by atoms with van der Waals surface area (Å²) in [6, 6.07) is 17.1. The molecule has 0 radical (unpaired) electrons. The Hall–Kier alpha value is -3.58. The van der Waals surface area contributed by atoms with Crippen molar-refractivity contribution in [2.75, 3.05) is 13.7 Å². The highest BCUT2D eigenvalue weighted by Gasteiger charge is 2.46. The lowest BCUT2D eigenvalue weighted by molar-refractivity contribution is -0.140. The highest BCUT2D eigenvalue weighted by Crippen LogP contribution is 2.41. The standard InChI is InChI=1S/C25H23NO5S/c1-3-31-18-11-9-16(10-12-18)23(27)21-22(17-6-4-7-19(14-17)30-2)26(25(29)24(21)28)15-20-8-5-13-32-20/h4-14,22,27H,3,15H2,1-2H3/b23-21-. The number of ketones is 1. The van der Waals surface area contributed by atoms with E-state index in [2.05, 4.69) is 0 Å². The molecule has 1 saturated heterocycles. The molecule has 0 saturated carbocycles. The van der Waals surface area contributed by atoms with Crippen molar-refractivity contribution in [2.24, 2.45) is 0 Å². The molecule has 2 heterocycles. The molecular weight excluding hydrogens is 426 g/mol. The van der Waals surface area contributed by atoms with Crippen LogP contribution in [0.1, 0.15) is 29.0 Å². The van der Waals surface area contributed by atoms with E-state index in [9.17, 15) is 14.7 Å². The third-order valence-electron chi connectivity index (χ3n) is 5.29. The van der Waals surface area contributed by atoms with Crippen LogP contribution >= 0.6 is 11.3 Å². The maximum atomic E-state index is 13.1. The van der Waals surface area contributed by atoms with Crippen LogP contribution in [0.25, 0.3) is 5.76 Å². The fourth-order valence-corrected chi connectivity index (χ4v) is 4.51. The molecule has 0 aliphatic carbocycles. The monoisotopic (exact) mass is 449 g/mol. The molecule has 1 aliphatic heterocycles. The van der Waals surface area contributed by atoms with Crippen molar-refractivity contribution in [3.05, 3.63) is 87.6 Å². The number of benzene rings is 2.